The summed E-state index contributed by atoms with van der Waals surface area (Å²) < 4.78 is 10.6. The normalized spacial score (nSPS) is 10.8. The first-order chi connectivity index (χ1) is 14.7. The number of benzene rings is 2. The minimum atomic E-state index is -0.533. The molecular weight excluding hydrogens is 384 g/mol. The second-order valence-corrected chi connectivity index (χ2v) is 5.87. The number of nitrogens with zero attached hydrogens (tertiary/aromatic N) is 3. The molecule has 150 valence electrons. The zero-order valence-electron chi connectivity index (χ0n) is 16.1. The maximum absolute atomic E-state index is 12.1. The predicted octanol–water partition coefficient (Wildman–Crippen LogP) is 2.87. The van der Waals surface area contributed by atoms with Crippen LogP contribution in [0.3, 0.4) is 0 Å². The summed E-state index contributed by atoms with van der Waals surface area (Å²) in [6.45, 7) is 0. The van der Waals surface area contributed by atoms with Gasteiger partial charge in [0.1, 0.15) is 5.69 Å². The lowest BCUT2D eigenvalue weighted by atomic mass is 10.2. The lowest BCUT2D eigenvalue weighted by Gasteiger charge is -2.08. The summed E-state index contributed by atoms with van der Waals surface area (Å²) in [5.41, 5.74) is 4.02. The molecule has 8 heteroatoms. The Morgan fingerprint density at radius 2 is 1.87 bits per heavy atom. The van der Waals surface area contributed by atoms with Gasteiger partial charge >= 0.3 is 5.97 Å². The van der Waals surface area contributed by atoms with Crippen molar-refractivity contribution in [3.05, 3.63) is 90.0 Å². The zero-order valence-corrected chi connectivity index (χ0v) is 16.1. The number of aromatic nitrogens is 2. The molecule has 0 aliphatic rings. The van der Waals surface area contributed by atoms with Crippen molar-refractivity contribution in [1.29, 1.82) is 0 Å². The van der Waals surface area contributed by atoms with E-state index in [2.05, 4.69) is 20.5 Å². The fraction of sp³-hybridized carbons (Fsp3) is 0.0455. The third-order valence-corrected chi connectivity index (χ3v) is 3.79. The summed E-state index contributed by atoms with van der Waals surface area (Å²) >= 11 is 0. The van der Waals surface area contributed by atoms with E-state index in [4.69, 9.17) is 9.47 Å². The van der Waals surface area contributed by atoms with Gasteiger partial charge in [0.05, 0.1) is 19.5 Å². The third kappa shape index (κ3) is 5.83. The second-order valence-electron chi connectivity index (χ2n) is 5.87. The molecule has 0 unspecified atom stereocenters. The number of carbonyl (C=O) groups excluding carboxylic acids is 2. The fourth-order valence-corrected chi connectivity index (χ4v) is 2.36. The number of ether oxygens (including phenoxy) is 2. The topological polar surface area (TPSA) is 103 Å². The maximum atomic E-state index is 12.1. The molecule has 1 aromatic heterocycles. The molecule has 0 atom stereocenters. The number of esters is 1. The summed E-state index contributed by atoms with van der Waals surface area (Å²) in [5.74, 6) is -0.404. The standard InChI is InChI=1S/C22H18N4O4/c1-29-20-13-17(14-25-26-22(28)18-15-23-11-12-24-18)7-9-19(20)30-21(27)10-8-16-5-3-2-4-6-16/h2-15H,1H3,(H,26,28)/b10-8+,25-14-. The molecule has 0 spiro atoms. The van der Waals surface area contributed by atoms with Crippen molar-refractivity contribution >= 4 is 24.2 Å². The Morgan fingerprint density at radius 1 is 1.03 bits per heavy atom. The van der Waals surface area contributed by atoms with E-state index < -0.39 is 11.9 Å². The Kier molecular flexibility index (Phi) is 6.99. The van der Waals surface area contributed by atoms with E-state index in [-0.39, 0.29) is 11.4 Å². The lowest BCUT2D eigenvalue weighted by Crippen LogP contribution is -2.19. The predicted molar refractivity (Wildman–Crippen MR) is 111 cm³/mol. The minimum Gasteiger partial charge on any atom is -0.493 e. The van der Waals surface area contributed by atoms with Crippen molar-refractivity contribution in [2.24, 2.45) is 5.10 Å². The second kappa shape index (κ2) is 10.3. The first-order valence-corrected chi connectivity index (χ1v) is 8.88. The monoisotopic (exact) mass is 402 g/mol. The van der Waals surface area contributed by atoms with Crippen LogP contribution in [0.15, 0.2) is 78.3 Å². The van der Waals surface area contributed by atoms with Gasteiger partial charge in [-0.15, -0.1) is 0 Å². The fourth-order valence-electron chi connectivity index (χ4n) is 2.36. The molecule has 0 bridgehead atoms. The molecule has 0 fully saturated rings. The number of methoxy groups -OCH3 is 1. The van der Waals surface area contributed by atoms with Gasteiger partial charge in [0.25, 0.3) is 5.91 Å². The molecule has 1 heterocycles. The van der Waals surface area contributed by atoms with Crippen molar-refractivity contribution in [2.75, 3.05) is 7.11 Å². The van der Waals surface area contributed by atoms with Crippen LogP contribution in [0.4, 0.5) is 0 Å². The Morgan fingerprint density at radius 3 is 2.60 bits per heavy atom. The van der Waals surface area contributed by atoms with E-state index in [1.165, 1.54) is 38.0 Å². The number of rotatable bonds is 7. The van der Waals surface area contributed by atoms with Gasteiger partial charge in [-0.1, -0.05) is 30.3 Å². The molecular formula is C22H18N4O4. The van der Waals surface area contributed by atoms with E-state index in [0.29, 0.717) is 11.3 Å². The number of nitrogens with one attached hydrogen (secondary N) is 1. The molecule has 8 nitrogen and oxygen atoms in total. The number of carbonyl (C=O) groups is 2. The third-order valence-electron chi connectivity index (χ3n) is 3.79. The van der Waals surface area contributed by atoms with Gasteiger partial charge < -0.3 is 9.47 Å². The van der Waals surface area contributed by atoms with Crippen molar-refractivity contribution in [1.82, 2.24) is 15.4 Å². The van der Waals surface area contributed by atoms with Gasteiger partial charge in [0, 0.05) is 18.5 Å². The van der Waals surface area contributed by atoms with E-state index in [1.54, 1.807) is 24.3 Å². The zero-order chi connectivity index (χ0) is 21.2. The highest BCUT2D eigenvalue weighted by molar-refractivity contribution is 5.93. The molecule has 0 aliphatic heterocycles. The Hall–Kier alpha value is -4.33. The smallest absolute Gasteiger partial charge is 0.336 e. The van der Waals surface area contributed by atoms with Gasteiger partial charge in [-0.05, 0) is 35.4 Å². The molecule has 0 saturated carbocycles. The van der Waals surface area contributed by atoms with Crippen LogP contribution < -0.4 is 14.9 Å². The molecule has 1 amide bonds. The first kappa shape index (κ1) is 20.4. The number of hydrogen-bond donors (Lipinski definition) is 1. The van der Waals surface area contributed by atoms with Crippen LogP contribution in [-0.2, 0) is 4.79 Å². The van der Waals surface area contributed by atoms with Crippen LogP contribution in [-0.4, -0.2) is 35.2 Å². The highest BCUT2D eigenvalue weighted by Gasteiger charge is 2.09. The Balaban J connectivity index is 1.62. The van der Waals surface area contributed by atoms with Gasteiger partial charge in [-0.3, -0.25) is 9.78 Å². The molecule has 2 aromatic carbocycles. The molecule has 30 heavy (non-hydrogen) atoms. The summed E-state index contributed by atoms with van der Waals surface area (Å²) in [5, 5.41) is 3.88. The van der Waals surface area contributed by atoms with Crippen LogP contribution in [0, 0.1) is 0 Å². The Labute approximate surface area is 172 Å². The minimum absolute atomic E-state index is 0.151. The van der Waals surface area contributed by atoms with E-state index in [0.717, 1.165) is 5.56 Å². The first-order valence-electron chi connectivity index (χ1n) is 8.88. The Bertz CT molecular complexity index is 1070. The summed E-state index contributed by atoms with van der Waals surface area (Å²) in [4.78, 5) is 31.7. The van der Waals surface area contributed by atoms with Gasteiger partial charge in [0.2, 0.25) is 0 Å². The average molecular weight is 402 g/mol. The SMILES string of the molecule is COc1cc(/C=N\NC(=O)c2cnccn2)ccc1OC(=O)/C=C/c1ccccc1. The number of hydrogen-bond acceptors (Lipinski definition) is 7. The van der Waals surface area contributed by atoms with E-state index in [1.807, 2.05) is 30.3 Å². The van der Waals surface area contributed by atoms with Gasteiger partial charge in [-0.25, -0.2) is 15.2 Å². The quantitative estimate of drug-likeness (QED) is 0.214. The van der Waals surface area contributed by atoms with Crippen molar-refractivity contribution in [3.8, 4) is 11.5 Å². The van der Waals surface area contributed by atoms with Crippen LogP contribution in [0.25, 0.3) is 6.08 Å². The van der Waals surface area contributed by atoms with E-state index in [9.17, 15) is 9.59 Å². The highest BCUT2D eigenvalue weighted by atomic mass is 16.6. The highest BCUT2D eigenvalue weighted by Crippen LogP contribution is 2.27. The molecule has 3 aromatic rings. The molecule has 3 rings (SSSR count). The number of hydrazone groups is 1. The lowest BCUT2D eigenvalue weighted by molar-refractivity contribution is -0.129. The van der Waals surface area contributed by atoms with Crippen molar-refractivity contribution < 1.29 is 19.1 Å². The maximum Gasteiger partial charge on any atom is 0.336 e. The van der Waals surface area contributed by atoms with Crippen LogP contribution in [0.5, 0.6) is 11.5 Å². The van der Waals surface area contributed by atoms with Gasteiger partial charge in [-0.2, -0.15) is 5.10 Å². The summed E-state index contributed by atoms with van der Waals surface area (Å²) in [6, 6.07) is 14.3. The molecule has 1 N–H and O–H groups in total. The van der Waals surface area contributed by atoms with Crippen LogP contribution in [0.1, 0.15) is 21.6 Å². The molecule has 0 saturated heterocycles. The molecule has 0 radical (unpaired) electrons. The van der Waals surface area contributed by atoms with Gasteiger partial charge in [0.15, 0.2) is 11.5 Å². The van der Waals surface area contributed by atoms with E-state index >= 15 is 0 Å². The number of amides is 1. The van der Waals surface area contributed by atoms with Crippen LogP contribution in [0.2, 0.25) is 0 Å². The largest absolute Gasteiger partial charge is 0.493 e. The summed E-state index contributed by atoms with van der Waals surface area (Å²) in [7, 11) is 1.46. The van der Waals surface area contributed by atoms with Crippen LogP contribution >= 0.6 is 0 Å². The van der Waals surface area contributed by atoms with Crippen molar-refractivity contribution in [3.63, 3.8) is 0 Å². The average Bonchev–Trinajstić information content (AvgIpc) is 2.79. The molecule has 0 aliphatic carbocycles. The van der Waals surface area contributed by atoms with Crippen molar-refractivity contribution in [2.45, 2.75) is 0 Å². The summed E-state index contributed by atoms with van der Waals surface area (Å²) in [6.07, 6.45) is 8.65.